The van der Waals surface area contributed by atoms with Gasteiger partial charge in [0.15, 0.2) is 17.2 Å². The number of hydrogen-bond acceptors (Lipinski definition) is 10. The Balaban J connectivity index is 1.30. The summed E-state index contributed by atoms with van der Waals surface area (Å²) in [6.45, 7) is -0.321. The van der Waals surface area contributed by atoms with E-state index < -0.39 is 22.6 Å². The highest BCUT2D eigenvalue weighted by molar-refractivity contribution is 5.87. The first kappa shape index (κ1) is 20.8. The van der Waals surface area contributed by atoms with Crippen LogP contribution in [0, 0.1) is 0 Å². The van der Waals surface area contributed by atoms with Gasteiger partial charge in [0.1, 0.15) is 37.3 Å². The molecule has 1 aliphatic heterocycles. The van der Waals surface area contributed by atoms with Gasteiger partial charge >= 0.3 is 5.97 Å². The van der Waals surface area contributed by atoms with Crippen LogP contribution in [0.4, 0.5) is 0 Å². The number of ether oxygens (including phenoxy) is 4. The van der Waals surface area contributed by atoms with Gasteiger partial charge in [-0.1, -0.05) is 6.07 Å². The van der Waals surface area contributed by atoms with E-state index in [1.807, 2.05) is 0 Å². The largest absolute Gasteiger partial charge is 0.502 e. The third-order valence-electron chi connectivity index (χ3n) is 4.25. The second-order valence-corrected chi connectivity index (χ2v) is 6.51. The zero-order valence-corrected chi connectivity index (χ0v) is 16.4. The lowest BCUT2D eigenvalue weighted by Crippen LogP contribution is -2.10. The van der Waals surface area contributed by atoms with Crippen molar-refractivity contribution in [3.63, 3.8) is 0 Å². The van der Waals surface area contributed by atoms with Crippen molar-refractivity contribution in [3.8, 4) is 23.0 Å². The van der Waals surface area contributed by atoms with Gasteiger partial charge in [-0.05, 0) is 23.8 Å². The predicted octanol–water partition coefficient (Wildman–Crippen LogP) is 2.36. The first-order chi connectivity index (χ1) is 15.5. The zero-order chi connectivity index (χ0) is 22.5. The Hall–Kier alpha value is -4.47. The lowest BCUT2D eigenvalue weighted by molar-refractivity contribution is -0.139. The van der Waals surface area contributed by atoms with Gasteiger partial charge in [-0.2, -0.15) is 0 Å². The van der Waals surface area contributed by atoms with Crippen molar-refractivity contribution in [3.05, 3.63) is 86.5 Å². The van der Waals surface area contributed by atoms with Gasteiger partial charge in [0, 0.05) is 18.2 Å². The molecule has 10 heteroatoms. The van der Waals surface area contributed by atoms with Gasteiger partial charge in [-0.3, -0.25) is 9.59 Å². The monoisotopic (exact) mass is 440 g/mol. The van der Waals surface area contributed by atoms with E-state index in [0.717, 1.165) is 30.2 Å². The molecule has 0 spiro atoms. The molecule has 1 aromatic carbocycles. The molecule has 0 atom stereocenters. The standard InChI is InChI=1S/C22H16O10/c23-16-6-14(27-10-18(16)25)8-29-21-11-28-15(7-17(21)24)9-30-22(26)4-2-13-1-3-19-20(5-13)32-12-31-19/h1-7,10-11,25H,8-9,12H2/b4-2+. The Kier molecular flexibility index (Phi) is 5.93. The summed E-state index contributed by atoms with van der Waals surface area (Å²) in [6.07, 6.45) is 4.73. The number of rotatable bonds is 7. The molecule has 0 amide bonds. The quantitative estimate of drug-likeness (QED) is 0.431. The fourth-order valence-corrected chi connectivity index (χ4v) is 2.66. The van der Waals surface area contributed by atoms with Crippen molar-refractivity contribution in [2.45, 2.75) is 13.2 Å². The molecule has 1 aliphatic rings. The summed E-state index contributed by atoms with van der Waals surface area (Å²) in [6, 6.07) is 7.39. The van der Waals surface area contributed by atoms with E-state index in [4.69, 9.17) is 32.9 Å². The van der Waals surface area contributed by atoms with Gasteiger partial charge < -0.3 is 32.9 Å². The molecule has 3 aromatic rings. The lowest BCUT2D eigenvalue weighted by atomic mass is 10.2. The molecule has 0 bridgehead atoms. The maximum absolute atomic E-state index is 12.1. The van der Waals surface area contributed by atoms with E-state index in [-0.39, 0.29) is 37.3 Å². The SMILES string of the molecule is O=C(/C=C/c1ccc2c(c1)OCO2)OCc1cc(=O)c(OCc2cc(=O)c(O)co2)co1. The fourth-order valence-electron chi connectivity index (χ4n) is 2.66. The number of hydrogen-bond donors (Lipinski definition) is 1. The molecule has 0 saturated heterocycles. The van der Waals surface area contributed by atoms with Crippen molar-refractivity contribution in [2.75, 3.05) is 6.79 Å². The van der Waals surface area contributed by atoms with Gasteiger partial charge in [0.25, 0.3) is 0 Å². The molecule has 0 unspecified atom stereocenters. The van der Waals surface area contributed by atoms with Gasteiger partial charge in [0.05, 0.1) is 0 Å². The van der Waals surface area contributed by atoms with E-state index in [1.54, 1.807) is 24.3 Å². The summed E-state index contributed by atoms with van der Waals surface area (Å²) in [5.41, 5.74) is -0.422. The summed E-state index contributed by atoms with van der Waals surface area (Å²) in [5.74, 6) is 0.171. The van der Waals surface area contributed by atoms with Crippen LogP contribution in [0.3, 0.4) is 0 Å². The van der Waals surface area contributed by atoms with Crippen molar-refractivity contribution in [2.24, 2.45) is 0 Å². The molecular formula is C22H16O10. The number of carbonyl (C=O) groups excluding carboxylic acids is 1. The highest BCUT2D eigenvalue weighted by Gasteiger charge is 2.13. The van der Waals surface area contributed by atoms with Crippen LogP contribution in [0.25, 0.3) is 6.08 Å². The lowest BCUT2D eigenvalue weighted by Gasteiger charge is -2.06. The first-order valence-corrected chi connectivity index (χ1v) is 9.27. The van der Waals surface area contributed by atoms with Crippen LogP contribution >= 0.6 is 0 Å². The highest BCUT2D eigenvalue weighted by atomic mass is 16.7. The molecule has 3 heterocycles. The van der Waals surface area contributed by atoms with Crippen molar-refractivity contribution < 1.29 is 37.7 Å². The second kappa shape index (κ2) is 9.13. The van der Waals surface area contributed by atoms with Crippen LogP contribution < -0.4 is 25.1 Å². The maximum Gasteiger partial charge on any atom is 0.331 e. The predicted molar refractivity (Wildman–Crippen MR) is 107 cm³/mol. The molecule has 164 valence electrons. The summed E-state index contributed by atoms with van der Waals surface area (Å²) in [7, 11) is 0. The van der Waals surface area contributed by atoms with E-state index in [9.17, 15) is 14.4 Å². The van der Waals surface area contributed by atoms with Crippen LogP contribution in [-0.4, -0.2) is 17.9 Å². The van der Waals surface area contributed by atoms with E-state index in [0.29, 0.717) is 11.5 Å². The van der Waals surface area contributed by atoms with Crippen molar-refractivity contribution >= 4 is 12.0 Å². The Morgan fingerprint density at radius 2 is 1.72 bits per heavy atom. The molecule has 4 rings (SSSR count). The van der Waals surface area contributed by atoms with E-state index >= 15 is 0 Å². The minimum Gasteiger partial charge on any atom is -0.502 e. The van der Waals surface area contributed by atoms with Gasteiger partial charge in [-0.15, -0.1) is 0 Å². The number of aromatic hydroxyl groups is 1. The van der Waals surface area contributed by atoms with Crippen molar-refractivity contribution in [1.29, 1.82) is 0 Å². The third-order valence-corrected chi connectivity index (χ3v) is 4.25. The summed E-state index contributed by atoms with van der Waals surface area (Å²) in [4.78, 5) is 35.4. The number of esters is 1. The van der Waals surface area contributed by atoms with Crippen molar-refractivity contribution in [1.82, 2.24) is 0 Å². The Bertz CT molecular complexity index is 1280. The zero-order valence-electron chi connectivity index (χ0n) is 16.4. The summed E-state index contributed by atoms with van der Waals surface area (Å²) >= 11 is 0. The molecule has 2 aromatic heterocycles. The normalized spacial score (nSPS) is 12.1. The second-order valence-electron chi connectivity index (χ2n) is 6.51. The van der Waals surface area contributed by atoms with Gasteiger partial charge in [-0.25, -0.2) is 4.79 Å². The smallest absolute Gasteiger partial charge is 0.331 e. The minimum absolute atomic E-state index is 0.111. The van der Waals surface area contributed by atoms with Crippen LogP contribution in [0.2, 0.25) is 0 Å². The van der Waals surface area contributed by atoms with Crippen LogP contribution in [0.5, 0.6) is 23.0 Å². The Morgan fingerprint density at radius 3 is 2.53 bits per heavy atom. The molecular weight excluding hydrogens is 424 g/mol. The molecule has 1 N–H and O–H groups in total. The topological polar surface area (TPSA) is 135 Å². The van der Waals surface area contributed by atoms with Crippen LogP contribution in [-0.2, 0) is 22.7 Å². The molecule has 10 nitrogen and oxygen atoms in total. The highest BCUT2D eigenvalue weighted by Crippen LogP contribution is 2.32. The minimum atomic E-state index is -0.633. The van der Waals surface area contributed by atoms with Crippen LogP contribution in [0.15, 0.2) is 67.4 Å². The Labute approximate surface area is 179 Å². The molecule has 0 radical (unpaired) electrons. The molecule has 0 fully saturated rings. The Morgan fingerprint density at radius 1 is 0.969 bits per heavy atom. The summed E-state index contributed by atoms with van der Waals surface area (Å²) in [5, 5.41) is 9.16. The molecule has 0 saturated carbocycles. The maximum atomic E-state index is 12.1. The third kappa shape index (κ3) is 4.98. The first-order valence-electron chi connectivity index (χ1n) is 9.27. The van der Waals surface area contributed by atoms with Crippen LogP contribution in [0.1, 0.15) is 17.1 Å². The van der Waals surface area contributed by atoms with E-state index in [1.165, 1.54) is 6.08 Å². The average Bonchev–Trinajstić information content (AvgIpc) is 3.26. The molecule has 0 aliphatic carbocycles. The average molecular weight is 440 g/mol. The number of fused-ring (bicyclic) bond motifs is 1. The summed E-state index contributed by atoms with van der Waals surface area (Å²) < 4.78 is 31.0. The number of benzene rings is 1. The van der Waals surface area contributed by atoms with E-state index in [2.05, 4.69) is 0 Å². The molecule has 32 heavy (non-hydrogen) atoms. The van der Waals surface area contributed by atoms with Gasteiger partial charge in [0.2, 0.25) is 23.4 Å². The number of carbonyl (C=O) groups is 1. The fraction of sp³-hybridized carbons (Fsp3) is 0.136.